The Balaban J connectivity index is 1.81. The van der Waals surface area contributed by atoms with Crippen molar-refractivity contribution in [2.45, 2.75) is 38.0 Å². The Labute approximate surface area is 168 Å². The molecule has 0 heterocycles. The van der Waals surface area contributed by atoms with Crippen LogP contribution in [0.25, 0.3) is 0 Å². The monoisotopic (exact) mass is 432 g/mol. The van der Waals surface area contributed by atoms with E-state index in [-0.39, 0.29) is 37.1 Å². The molecule has 0 saturated carbocycles. The average Bonchev–Trinajstić information content (AvgIpc) is 2.64. The number of carbonyl (C=O) groups is 2. The Morgan fingerprint density at radius 2 is 0.967 bits per heavy atom. The van der Waals surface area contributed by atoms with Crippen LogP contribution < -0.4 is 10.6 Å². The van der Waals surface area contributed by atoms with E-state index in [2.05, 4.69) is 10.6 Å². The van der Waals surface area contributed by atoms with Gasteiger partial charge in [-0.2, -0.15) is 26.3 Å². The second-order valence-corrected chi connectivity index (χ2v) is 6.39. The molecule has 0 saturated heterocycles. The van der Waals surface area contributed by atoms with Crippen molar-refractivity contribution in [3.8, 4) is 0 Å². The Morgan fingerprint density at radius 3 is 1.30 bits per heavy atom. The van der Waals surface area contributed by atoms with Gasteiger partial charge in [-0.1, -0.05) is 24.3 Å². The zero-order chi connectivity index (χ0) is 22.4. The Kier molecular flexibility index (Phi) is 7.47. The number of hydrogen-bond donors (Lipinski definition) is 2. The lowest BCUT2D eigenvalue weighted by molar-refractivity contribution is -0.138. The van der Waals surface area contributed by atoms with E-state index in [0.29, 0.717) is 0 Å². The third kappa shape index (κ3) is 6.78. The van der Waals surface area contributed by atoms with Crippen LogP contribution in [0, 0.1) is 0 Å². The fraction of sp³-hybridized carbons (Fsp3) is 0.300. The first-order valence-electron chi connectivity index (χ1n) is 8.90. The molecule has 2 N–H and O–H groups in total. The first-order chi connectivity index (χ1) is 14.0. The van der Waals surface area contributed by atoms with Crippen LogP contribution in [0.15, 0.2) is 48.5 Å². The van der Waals surface area contributed by atoms with Crippen LogP contribution in [0.1, 0.15) is 36.8 Å². The van der Waals surface area contributed by atoms with Crippen LogP contribution >= 0.6 is 0 Å². The van der Waals surface area contributed by atoms with Gasteiger partial charge in [0.15, 0.2) is 0 Å². The van der Waals surface area contributed by atoms with Gasteiger partial charge in [-0.25, -0.2) is 0 Å². The van der Waals surface area contributed by atoms with Gasteiger partial charge in [0.1, 0.15) is 0 Å². The molecule has 2 aromatic carbocycles. The SMILES string of the molecule is O=C(CCCCC(=O)Nc1ccccc1C(F)(F)F)Nc1ccccc1C(F)(F)F. The molecular weight excluding hydrogens is 414 g/mol. The summed E-state index contributed by atoms with van der Waals surface area (Å²) in [6.07, 6.45) is -9.16. The second kappa shape index (κ2) is 9.64. The van der Waals surface area contributed by atoms with E-state index in [1.807, 2.05) is 0 Å². The maximum Gasteiger partial charge on any atom is 0.418 e. The highest BCUT2D eigenvalue weighted by Crippen LogP contribution is 2.35. The molecule has 0 aromatic heterocycles. The zero-order valence-electron chi connectivity index (χ0n) is 15.5. The van der Waals surface area contributed by atoms with E-state index >= 15 is 0 Å². The number of halogens is 6. The van der Waals surface area contributed by atoms with Gasteiger partial charge in [0.25, 0.3) is 0 Å². The fourth-order valence-corrected chi connectivity index (χ4v) is 2.68. The summed E-state index contributed by atoms with van der Waals surface area (Å²) in [5, 5.41) is 4.37. The number of amides is 2. The summed E-state index contributed by atoms with van der Waals surface area (Å²) in [5.41, 5.74) is -2.67. The van der Waals surface area contributed by atoms with Gasteiger partial charge in [-0.15, -0.1) is 0 Å². The maximum absolute atomic E-state index is 12.9. The summed E-state index contributed by atoms with van der Waals surface area (Å²) in [4.78, 5) is 23.8. The van der Waals surface area contributed by atoms with Crippen molar-refractivity contribution in [1.29, 1.82) is 0 Å². The Hall–Kier alpha value is -3.04. The van der Waals surface area contributed by atoms with Gasteiger partial charge in [-0.3, -0.25) is 9.59 Å². The number of alkyl halides is 6. The quantitative estimate of drug-likeness (QED) is 0.425. The third-order valence-corrected chi connectivity index (χ3v) is 4.07. The summed E-state index contributed by atoms with van der Waals surface area (Å²) in [6, 6.07) is 9.07. The summed E-state index contributed by atoms with van der Waals surface area (Å²) >= 11 is 0. The van der Waals surface area contributed by atoms with E-state index in [1.165, 1.54) is 24.3 Å². The van der Waals surface area contributed by atoms with Crippen LogP contribution in [-0.2, 0) is 21.9 Å². The van der Waals surface area contributed by atoms with Crippen LogP contribution in [0.5, 0.6) is 0 Å². The summed E-state index contributed by atoms with van der Waals surface area (Å²) in [5.74, 6) is -1.32. The Morgan fingerprint density at radius 1 is 0.633 bits per heavy atom. The number of para-hydroxylation sites is 2. The molecule has 0 aliphatic rings. The lowest BCUT2D eigenvalue weighted by Gasteiger charge is -2.14. The minimum Gasteiger partial charge on any atom is -0.326 e. The van der Waals surface area contributed by atoms with Gasteiger partial charge < -0.3 is 10.6 Å². The highest BCUT2D eigenvalue weighted by molar-refractivity contribution is 5.92. The normalized spacial score (nSPS) is 11.8. The maximum atomic E-state index is 12.9. The number of hydrogen-bond acceptors (Lipinski definition) is 2. The van der Waals surface area contributed by atoms with Gasteiger partial charge in [0.05, 0.1) is 22.5 Å². The minimum absolute atomic E-state index is 0.140. The van der Waals surface area contributed by atoms with Gasteiger partial charge in [0.2, 0.25) is 11.8 Å². The second-order valence-electron chi connectivity index (χ2n) is 6.39. The highest BCUT2D eigenvalue weighted by atomic mass is 19.4. The fourth-order valence-electron chi connectivity index (χ4n) is 2.68. The molecule has 162 valence electrons. The minimum atomic E-state index is -4.62. The lowest BCUT2D eigenvalue weighted by Crippen LogP contribution is -2.17. The molecule has 30 heavy (non-hydrogen) atoms. The summed E-state index contributed by atoms with van der Waals surface area (Å²) in [7, 11) is 0. The summed E-state index contributed by atoms with van der Waals surface area (Å²) < 4.78 is 77.5. The van der Waals surface area contributed by atoms with Gasteiger partial charge in [-0.05, 0) is 37.1 Å². The molecule has 2 amide bonds. The summed E-state index contributed by atoms with van der Waals surface area (Å²) in [6.45, 7) is 0. The molecular formula is C20H18F6N2O2. The van der Waals surface area contributed by atoms with Crippen molar-refractivity contribution in [1.82, 2.24) is 0 Å². The smallest absolute Gasteiger partial charge is 0.326 e. The molecule has 0 atom stereocenters. The molecule has 4 nitrogen and oxygen atoms in total. The van der Waals surface area contributed by atoms with Crippen LogP contribution in [0.3, 0.4) is 0 Å². The topological polar surface area (TPSA) is 58.2 Å². The number of benzene rings is 2. The predicted molar refractivity (Wildman–Crippen MR) is 98.6 cm³/mol. The van der Waals surface area contributed by atoms with E-state index in [4.69, 9.17) is 0 Å². The number of unbranched alkanes of at least 4 members (excludes halogenated alkanes) is 1. The van der Waals surface area contributed by atoms with Crippen LogP contribution in [0.2, 0.25) is 0 Å². The molecule has 0 fully saturated rings. The van der Waals surface area contributed by atoms with Gasteiger partial charge >= 0.3 is 12.4 Å². The average molecular weight is 432 g/mol. The molecule has 0 aliphatic carbocycles. The molecule has 0 aliphatic heterocycles. The molecule has 10 heteroatoms. The molecule has 0 unspecified atom stereocenters. The standard InChI is InChI=1S/C20H18F6N2O2/c21-19(22,23)13-7-1-3-9-15(13)27-17(29)11-5-6-12-18(30)28-16-10-4-2-8-14(16)20(24,25)26/h1-4,7-10H,5-6,11-12H2,(H,27,29)(H,28,30). The van der Waals surface area contributed by atoms with E-state index in [1.54, 1.807) is 0 Å². The lowest BCUT2D eigenvalue weighted by atomic mass is 10.1. The van der Waals surface area contributed by atoms with E-state index in [0.717, 1.165) is 24.3 Å². The molecule has 0 radical (unpaired) electrons. The third-order valence-electron chi connectivity index (χ3n) is 4.07. The first kappa shape index (κ1) is 23.2. The number of carbonyl (C=O) groups excluding carboxylic acids is 2. The molecule has 2 rings (SSSR count). The van der Waals surface area contributed by atoms with Crippen molar-refractivity contribution >= 4 is 23.2 Å². The largest absolute Gasteiger partial charge is 0.418 e. The van der Waals surface area contributed by atoms with E-state index in [9.17, 15) is 35.9 Å². The van der Waals surface area contributed by atoms with Gasteiger partial charge in [0, 0.05) is 12.8 Å². The van der Waals surface area contributed by atoms with Crippen LogP contribution in [-0.4, -0.2) is 11.8 Å². The number of rotatable bonds is 7. The molecule has 2 aromatic rings. The van der Waals surface area contributed by atoms with Crippen molar-refractivity contribution in [2.24, 2.45) is 0 Å². The van der Waals surface area contributed by atoms with E-state index < -0.39 is 35.3 Å². The predicted octanol–water partition coefficient (Wildman–Crippen LogP) is 5.86. The number of nitrogens with one attached hydrogen (secondary N) is 2. The van der Waals surface area contributed by atoms with Crippen molar-refractivity contribution in [3.05, 3.63) is 59.7 Å². The highest BCUT2D eigenvalue weighted by Gasteiger charge is 2.34. The molecule has 0 bridgehead atoms. The van der Waals surface area contributed by atoms with Crippen molar-refractivity contribution < 1.29 is 35.9 Å². The number of anilines is 2. The van der Waals surface area contributed by atoms with Crippen molar-refractivity contribution in [2.75, 3.05) is 10.6 Å². The zero-order valence-corrected chi connectivity index (χ0v) is 15.5. The first-order valence-corrected chi connectivity index (χ1v) is 8.90. The Bertz CT molecular complexity index is 820. The van der Waals surface area contributed by atoms with Crippen LogP contribution in [0.4, 0.5) is 37.7 Å². The van der Waals surface area contributed by atoms with Crippen molar-refractivity contribution in [3.63, 3.8) is 0 Å². The molecule has 0 spiro atoms.